The Balaban J connectivity index is 2.73. The van der Waals surface area contributed by atoms with Gasteiger partial charge in [0, 0.05) is 7.05 Å². The Kier molecular flexibility index (Phi) is 3.17. The summed E-state index contributed by atoms with van der Waals surface area (Å²) >= 11 is 0. The van der Waals surface area contributed by atoms with Crippen LogP contribution in [-0.2, 0) is 9.53 Å². The van der Waals surface area contributed by atoms with E-state index < -0.39 is 23.1 Å². The SMILES string of the molecule is CN(C(=O)OC(C)(C)C)C1(C(N)=O)CCC1. The maximum Gasteiger partial charge on any atom is 0.410 e. The molecule has 2 amide bonds. The van der Waals surface area contributed by atoms with Crippen LogP contribution in [0.5, 0.6) is 0 Å². The lowest BCUT2D eigenvalue weighted by atomic mass is 9.75. The molecule has 1 fully saturated rings. The third-order valence-corrected chi connectivity index (χ3v) is 2.95. The number of carbonyl (C=O) groups excluding carboxylic acids is 2. The molecule has 5 heteroatoms. The van der Waals surface area contributed by atoms with Crippen molar-refractivity contribution >= 4 is 12.0 Å². The number of ether oxygens (including phenoxy) is 1. The number of likely N-dealkylation sites (N-methyl/N-ethyl adjacent to an activating group) is 1. The van der Waals surface area contributed by atoms with Crippen LogP contribution in [0.3, 0.4) is 0 Å². The van der Waals surface area contributed by atoms with Gasteiger partial charge in [-0.25, -0.2) is 4.79 Å². The normalized spacial score (nSPS) is 18.5. The number of nitrogens with zero attached hydrogens (tertiary/aromatic N) is 1. The summed E-state index contributed by atoms with van der Waals surface area (Å²) in [5.41, 5.74) is 3.95. The Morgan fingerprint density at radius 1 is 1.31 bits per heavy atom. The van der Waals surface area contributed by atoms with Crippen molar-refractivity contribution in [2.24, 2.45) is 5.73 Å². The molecule has 0 saturated heterocycles. The predicted octanol–water partition coefficient (Wildman–Crippen LogP) is 1.26. The van der Waals surface area contributed by atoms with Crippen LogP contribution in [0.25, 0.3) is 0 Å². The molecule has 0 bridgehead atoms. The van der Waals surface area contributed by atoms with E-state index in [1.807, 2.05) is 0 Å². The van der Waals surface area contributed by atoms with Crippen molar-refractivity contribution in [1.29, 1.82) is 0 Å². The fourth-order valence-electron chi connectivity index (χ4n) is 1.76. The van der Waals surface area contributed by atoms with Gasteiger partial charge in [-0.3, -0.25) is 9.69 Å². The van der Waals surface area contributed by atoms with Gasteiger partial charge < -0.3 is 10.5 Å². The van der Waals surface area contributed by atoms with Crippen LogP contribution < -0.4 is 5.73 Å². The summed E-state index contributed by atoms with van der Waals surface area (Å²) in [4.78, 5) is 24.5. The van der Waals surface area contributed by atoms with Crippen molar-refractivity contribution in [3.05, 3.63) is 0 Å². The first-order chi connectivity index (χ1) is 7.19. The van der Waals surface area contributed by atoms with Gasteiger partial charge in [0.1, 0.15) is 11.1 Å². The Hall–Kier alpha value is -1.26. The minimum Gasteiger partial charge on any atom is -0.444 e. The lowest BCUT2D eigenvalue weighted by Gasteiger charge is -2.45. The molecule has 0 aromatic heterocycles. The maximum atomic E-state index is 11.8. The van der Waals surface area contributed by atoms with E-state index in [4.69, 9.17) is 10.5 Å². The molecule has 0 aromatic rings. The van der Waals surface area contributed by atoms with Crippen LogP contribution in [0.15, 0.2) is 0 Å². The number of carbonyl (C=O) groups is 2. The van der Waals surface area contributed by atoms with Gasteiger partial charge in [0.15, 0.2) is 0 Å². The smallest absolute Gasteiger partial charge is 0.410 e. The summed E-state index contributed by atoms with van der Waals surface area (Å²) in [6, 6.07) is 0. The quantitative estimate of drug-likeness (QED) is 0.773. The van der Waals surface area contributed by atoms with Gasteiger partial charge >= 0.3 is 6.09 Å². The highest BCUT2D eigenvalue weighted by Crippen LogP contribution is 2.37. The van der Waals surface area contributed by atoms with Crippen molar-refractivity contribution in [3.63, 3.8) is 0 Å². The van der Waals surface area contributed by atoms with E-state index in [0.29, 0.717) is 12.8 Å². The van der Waals surface area contributed by atoms with Crippen LogP contribution in [-0.4, -0.2) is 35.1 Å². The van der Waals surface area contributed by atoms with E-state index in [1.54, 1.807) is 27.8 Å². The summed E-state index contributed by atoms with van der Waals surface area (Å²) in [5.74, 6) is -0.452. The number of hydrogen-bond donors (Lipinski definition) is 1. The van der Waals surface area contributed by atoms with Crippen molar-refractivity contribution in [1.82, 2.24) is 4.90 Å². The second kappa shape index (κ2) is 3.96. The topological polar surface area (TPSA) is 72.6 Å². The Labute approximate surface area is 95.9 Å². The third kappa shape index (κ3) is 2.28. The fourth-order valence-corrected chi connectivity index (χ4v) is 1.76. The molecular formula is C11H20N2O3. The highest BCUT2D eigenvalue weighted by atomic mass is 16.6. The van der Waals surface area contributed by atoms with E-state index in [9.17, 15) is 9.59 Å². The standard InChI is InChI=1S/C11H20N2O3/c1-10(2,3)16-9(15)13(4)11(8(12)14)6-5-7-11/h5-7H2,1-4H3,(H2,12,14). The molecule has 0 unspecified atom stereocenters. The van der Waals surface area contributed by atoms with E-state index in [1.165, 1.54) is 4.90 Å². The van der Waals surface area contributed by atoms with Gasteiger partial charge in [0.2, 0.25) is 5.91 Å². The average Bonchev–Trinajstić information content (AvgIpc) is 1.97. The van der Waals surface area contributed by atoms with Crippen LogP contribution >= 0.6 is 0 Å². The Morgan fingerprint density at radius 2 is 1.81 bits per heavy atom. The summed E-state index contributed by atoms with van der Waals surface area (Å²) < 4.78 is 5.21. The maximum absolute atomic E-state index is 11.8. The molecule has 1 rings (SSSR count). The van der Waals surface area contributed by atoms with Crippen LogP contribution in [0.2, 0.25) is 0 Å². The number of primary amides is 1. The fraction of sp³-hybridized carbons (Fsp3) is 0.818. The summed E-state index contributed by atoms with van der Waals surface area (Å²) in [5, 5.41) is 0. The molecule has 1 aliphatic rings. The minimum absolute atomic E-state index is 0.452. The molecule has 0 heterocycles. The van der Waals surface area contributed by atoms with Gasteiger partial charge in [-0.15, -0.1) is 0 Å². The summed E-state index contributed by atoms with van der Waals surface area (Å²) in [7, 11) is 1.57. The number of amides is 2. The van der Waals surface area contributed by atoms with Gasteiger partial charge in [0.25, 0.3) is 0 Å². The number of nitrogens with two attached hydrogens (primary N) is 1. The van der Waals surface area contributed by atoms with Gasteiger partial charge in [-0.2, -0.15) is 0 Å². The van der Waals surface area contributed by atoms with Gasteiger partial charge in [0.05, 0.1) is 0 Å². The molecule has 0 aliphatic heterocycles. The zero-order valence-electron chi connectivity index (χ0n) is 10.4. The lowest BCUT2D eigenvalue weighted by molar-refractivity contribution is -0.134. The Bertz CT molecular complexity index is 303. The third-order valence-electron chi connectivity index (χ3n) is 2.95. The van der Waals surface area contributed by atoms with Crippen molar-refractivity contribution in [2.75, 3.05) is 7.05 Å². The summed E-state index contributed by atoms with van der Waals surface area (Å²) in [6.45, 7) is 5.36. The Morgan fingerprint density at radius 3 is 2.06 bits per heavy atom. The highest BCUT2D eigenvalue weighted by molar-refractivity contribution is 5.89. The predicted molar refractivity (Wildman–Crippen MR) is 59.8 cm³/mol. The van der Waals surface area contributed by atoms with E-state index >= 15 is 0 Å². The summed E-state index contributed by atoms with van der Waals surface area (Å²) in [6.07, 6.45) is 1.66. The van der Waals surface area contributed by atoms with E-state index in [0.717, 1.165) is 6.42 Å². The molecule has 92 valence electrons. The van der Waals surface area contributed by atoms with Crippen LogP contribution in [0.1, 0.15) is 40.0 Å². The second-order valence-corrected chi connectivity index (χ2v) is 5.29. The second-order valence-electron chi connectivity index (χ2n) is 5.29. The molecule has 0 spiro atoms. The molecule has 0 atom stereocenters. The van der Waals surface area contributed by atoms with Gasteiger partial charge in [-0.05, 0) is 40.0 Å². The van der Waals surface area contributed by atoms with Crippen molar-refractivity contribution in [2.45, 2.75) is 51.2 Å². The first-order valence-electron chi connectivity index (χ1n) is 5.46. The molecule has 2 N–H and O–H groups in total. The van der Waals surface area contributed by atoms with Crippen molar-refractivity contribution in [3.8, 4) is 0 Å². The average molecular weight is 228 g/mol. The zero-order chi connectivity index (χ0) is 12.6. The molecule has 0 radical (unpaired) electrons. The molecule has 1 saturated carbocycles. The largest absolute Gasteiger partial charge is 0.444 e. The molecular weight excluding hydrogens is 208 g/mol. The lowest BCUT2D eigenvalue weighted by Crippen LogP contribution is -2.62. The van der Waals surface area contributed by atoms with E-state index in [-0.39, 0.29) is 0 Å². The number of rotatable bonds is 2. The van der Waals surface area contributed by atoms with E-state index in [2.05, 4.69) is 0 Å². The molecule has 1 aliphatic carbocycles. The minimum atomic E-state index is -0.831. The van der Waals surface area contributed by atoms with Gasteiger partial charge in [-0.1, -0.05) is 0 Å². The first kappa shape index (κ1) is 12.8. The molecule has 16 heavy (non-hydrogen) atoms. The van der Waals surface area contributed by atoms with Crippen LogP contribution in [0.4, 0.5) is 4.79 Å². The monoisotopic (exact) mass is 228 g/mol. The molecule has 0 aromatic carbocycles. The first-order valence-corrected chi connectivity index (χ1v) is 5.46. The highest BCUT2D eigenvalue weighted by Gasteiger charge is 2.49. The van der Waals surface area contributed by atoms with Crippen molar-refractivity contribution < 1.29 is 14.3 Å². The molecule has 5 nitrogen and oxygen atoms in total. The zero-order valence-corrected chi connectivity index (χ0v) is 10.4. The van der Waals surface area contributed by atoms with Crippen LogP contribution in [0, 0.1) is 0 Å². The number of hydrogen-bond acceptors (Lipinski definition) is 3.